The highest BCUT2D eigenvalue weighted by molar-refractivity contribution is 5.22. The van der Waals surface area contributed by atoms with E-state index in [9.17, 15) is 0 Å². The van der Waals surface area contributed by atoms with Gasteiger partial charge in [0.1, 0.15) is 12.4 Å². The number of pyridine rings is 1. The first-order chi connectivity index (χ1) is 5.86. The number of ether oxygens (including phenoxy) is 2. The zero-order valence-electron chi connectivity index (χ0n) is 6.86. The third-order valence-electron chi connectivity index (χ3n) is 1.28. The van der Waals surface area contributed by atoms with E-state index in [0.717, 1.165) is 0 Å². The van der Waals surface area contributed by atoms with Gasteiger partial charge in [-0.05, 0) is 6.07 Å². The first-order valence-electron chi connectivity index (χ1n) is 3.60. The Labute approximate surface area is 70.8 Å². The van der Waals surface area contributed by atoms with Crippen molar-refractivity contribution in [2.45, 2.75) is 0 Å². The molecule has 1 aromatic heterocycles. The summed E-state index contributed by atoms with van der Waals surface area (Å²) >= 11 is 0. The van der Waals surface area contributed by atoms with Crippen LogP contribution in [0.5, 0.6) is 11.6 Å². The monoisotopic (exact) mass is 169 g/mol. The highest BCUT2D eigenvalue weighted by atomic mass is 16.5. The molecule has 0 amide bonds. The van der Waals surface area contributed by atoms with E-state index in [2.05, 4.69) is 4.98 Å². The topological polar surface area (TPSA) is 51.6 Å². The third kappa shape index (κ3) is 2.39. The minimum atomic E-state index is 0.00598. The van der Waals surface area contributed by atoms with Gasteiger partial charge in [0.25, 0.3) is 0 Å². The van der Waals surface area contributed by atoms with Crippen LogP contribution in [0.2, 0.25) is 0 Å². The van der Waals surface area contributed by atoms with Gasteiger partial charge in [0, 0.05) is 6.07 Å². The van der Waals surface area contributed by atoms with Gasteiger partial charge >= 0.3 is 0 Å². The maximum absolute atomic E-state index is 8.46. The quantitative estimate of drug-likeness (QED) is 0.711. The molecule has 0 aliphatic heterocycles. The molecule has 1 rings (SSSR count). The molecular formula is C8H11NO3. The molecule has 0 bridgehead atoms. The van der Waals surface area contributed by atoms with Crippen molar-refractivity contribution in [3.63, 3.8) is 0 Å². The number of methoxy groups -OCH3 is 1. The van der Waals surface area contributed by atoms with Gasteiger partial charge < -0.3 is 14.6 Å². The normalized spacial score (nSPS) is 9.50. The summed E-state index contributed by atoms with van der Waals surface area (Å²) in [5.74, 6) is 1.18. The Bertz CT molecular complexity index is 222. The van der Waals surface area contributed by atoms with E-state index >= 15 is 0 Å². The number of nitrogens with zero attached hydrogens (tertiary/aromatic N) is 1. The molecule has 1 N–H and O–H groups in total. The molecule has 0 spiro atoms. The van der Waals surface area contributed by atoms with Crippen LogP contribution >= 0.6 is 0 Å². The number of hydrogen-bond donors (Lipinski definition) is 1. The van der Waals surface area contributed by atoms with Gasteiger partial charge in [0.2, 0.25) is 5.88 Å². The molecular weight excluding hydrogens is 158 g/mol. The van der Waals surface area contributed by atoms with Crippen LogP contribution in [-0.4, -0.2) is 30.4 Å². The van der Waals surface area contributed by atoms with E-state index in [4.69, 9.17) is 14.6 Å². The molecule has 0 saturated carbocycles. The van der Waals surface area contributed by atoms with E-state index in [0.29, 0.717) is 11.6 Å². The number of aliphatic hydroxyl groups excluding tert-OH is 1. The number of aliphatic hydroxyl groups is 1. The minimum Gasteiger partial charge on any atom is -0.490 e. The van der Waals surface area contributed by atoms with Crippen LogP contribution in [0.3, 0.4) is 0 Å². The SMILES string of the molecule is COc1ccc(OCCO)cn1. The van der Waals surface area contributed by atoms with Crippen molar-refractivity contribution >= 4 is 0 Å². The number of hydrogen-bond acceptors (Lipinski definition) is 4. The number of aromatic nitrogens is 1. The van der Waals surface area contributed by atoms with Gasteiger partial charge in [-0.25, -0.2) is 4.98 Å². The van der Waals surface area contributed by atoms with E-state index in [1.807, 2.05) is 0 Å². The lowest BCUT2D eigenvalue weighted by atomic mass is 10.4. The molecule has 0 fully saturated rings. The minimum absolute atomic E-state index is 0.00598. The molecule has 0 saturated heterocycles. The first kappa shape index (κ1) is 8.80. The van der Waals surface area contributed by atoms with Gasteiger partial charge in [-0.1, -0.05) is 0 Å². The highest BCUT2D eigenvalue weighted by Crippen LogP contribution is 2.12. The van der Waals surface area contributed by atoms with Crippen molar-refractivity contribution in [3.05, 3.63) is 18.3 Å². The third-order valence-corrected chi connectivity index (χ3v) is 1.28. The van der Waals surface area contributed by atoms with Gasteiger partial charge in [0.15, 0.2) is 0 Å². The average Bonchev–Trinajstić information content (AvgIpc) is 2.15. The van der Waals surface area contributed by atoms with Crippen LogP contribution in [0.25, 0.3) is 0 Å². The molecule has 0 radical (unpaired) electrons. The lowest BCUT2D eigenvalue weighted by Gasteiger charge is -2.03. The van der Waals surface area contributed by atoms with Crippen LogP contribution in [0.15, 0.2) is 18.3 Å². The van der Waals surface area contributed by atoms with Crippen LogP contribution in [0.4, 0.5) is 0 Å². The van der Waals surface area contributed by atoms with Crippen LogP contribution in [0.1, 0.15) is 0 Å². The average molecular weight is 169 g/mol. The predicted octanol–water partition coefficient (Wildman–Crippen LogP) is 0.461. The molecule has 4 nitrogen and oxygen atoms in total. The molecule has 0 aliphatic carbocycles. The highest BCUT2D eigenvalue weighted by Gasteiger charge is 1.94. The molecule has 0 aromatic carbocycles. The molecule has 4 heteroatoms. The fourth-order valence-electron chi connectivity index (χ4n) is 0.736. The smallest absolute Gasteiger partial charge is 0.213 e. The largest absolute Gasteiger partial charge is 0.490 e. The van der Waals surface area contributed by atoms with Crippen molar-refractivity contribution in [1.82, 2.24) is 4.98 Å². The van der Waals surface area contributed by atoms with Crippen molar-refractivity contribution in [3.8, 4) is 11.6 Å². The Hall–Kier alpha value is -1.29. The Balaban J connectivity index is 2.53. The summed E-state index contributed by atoms with van der Waals surface area (Å²) in [7, 11) is 1.55. The number of rotatable bonds is 4. The van der Waals surface area contributed by atoms with Crippen LogP contribution in [0, 0.1) is 0 Å². The van der Waals surface area contributed by atoms with E-state index in [1.165, 1.54) is 0 Å². The van der Waals surface area contributed by atoms with E-state index in [-0.39, 0.29) is 13.2 Å². The maximum Gasteiger partial charge on any atom is 0.213 e. The van der Waals surface area contributed by atoms with Gasteiger partial charge in [-0.2, -0.15) is 0 Å². The van der Waals surface area contributed by atoms with E-state index < -0.39 is 0 Å². The second-order valence-electron chi connectivity index (χ2n) is 2.11. The molecule has 1 heterocycles. The summed E-state index contributed by atoms with van der Waals surface area (Å²) < 4.78 is 9.94. The van der Waals surface area contributed by atoms with Crippen molar-refractivity contribution in [1.29, 1.82) is 0 Å². The molecule has 0 atom stereocenters. The Morgan fingerprint density at radius 2 is 2.33 bits per heavy atom. The Morgan fingerprint density at radius 3 is 2.83 bits per heavy atom. The zero-order chi connectivity index (χ0) is 8.81. The Morgan fingerprint density at radius 1 is 1.50 bits per heavy atom. The van der Waals surface area contributed by atoms with Crippen LogP contribution < -0.4 is 9.47 Å². The van der Waals surface area contributed by atoms with Gasteiger partial charge in [0.05, 0.1) is 19.9 Å². The Kier molecular flexibility index (Phi) is 3.35. The lowest BCUT2D eigenvalue weighted by Crippen LogP contribution is -2.01. The fraction of sp³-hybridized carbons (Fsp3) is 0.375. The van der Waals surface area contributed by atoms with Gasteiger partial charge in [-0.15, -0.1) is 0 Å². The fourth-order valence-corrected chi connectivity index (χ4v) is 0.736. The first-order valence-corrected chi connectivity index (χ1v) is 3.60. The zero-order valence-corrected chi connectivity index (χ0v) is 6.86. The van der Waals surface area contributed by atoms with Crippen molar-refractivity contribution in [2.75, 3.05) is 20.3 Å². The molecule has 12 heavy (non-hydrogen) atoms. The maximum atomic E-state index is 8.46. The second kappa shape index (κ2) is 4.56. The summed E-state index contributed by atoms with van der Waals surface area (Å²) in [5.41, 5.74) is 0. The van der Waals surface area contributed by atoms with E-state index in [1.54, 1.807) is 25.4 Å². The van der Waals surface area contributed by atoms with Gasteiger partial charge in [-0.3, -0.25) is 0 Å². The predicted molar refractivity (Wildman–Crippen MR) is 43.4 cm³/mol. The summed E-state index contributed by atoms with van der Waals surface area (Å²) in [6.45, 7) is 0.292. The molecule has 0 aliphatic rings. The molecule has 0 unspecified atom stereocenters. The summed E-state index contributed by atoms with van der Waals surface area (Å²) in [6.07, 6.45) is 1.55. The van der Waals surface area contributed by atoms with Crippen molar-refractivity contribution in [2.24, 2.45) is 0 Å². The molecule has 66 valence electrons. The summed E-state index contributed by atoms with van der Waals surface area (Å²) in [6, 6.07) is 3.44. The lowest BCUT2D eigenvalue weighted by molar-refractivity contribution is 0.200. The molecule has 1 aromatic rings. The van der Waals surface area contributed by atoms with Crippen molar-refractivity contribution < 1.29 is 14.6 Å². The summed E-state index contributed by atoms with van der Waals surface area (Å²) in [5, 5.41) is 8.46. The standard InChI is InChI=1S/C8H11NO3/c1-11-8-3-2-7(6-9-8)12-5-4-10/h2-3,6,10H,4-5H2,1H3. The second-order valence-corrected chi connectivity index (χ2v) is 2.11. The van der Waals surface area contributed by atoms with Crippen LogP contribution in [-0.2, 0) is 0 Å². The summed E-state index contributed by atoms with van der Waals surface area (Å²) in [4.78, 5) is 3.92.